The zero-order chi connectivity index (χ0) is 16.9. The van der Waals surface area contributed by atoms with Crippen LogP contribution in [0.15, 0.2) is 35.0 Å². The van der Waals surface area contributed by atoms with Crippen LogP contribution in [-0.2, 0) is 6.42 Å². The third-order valence-corrected chi connectivity index (χ3v) is 3.44. The molecule has 1 unspecified atom stereocenters. The van der Waals surface area contributed by atoms with Gasteiger partial charge in [0.15, 0.2) is 0 Å². The van der Waals surface area contributed by atoms with E-state index in [1.54, 1.807) is 6.20 Å². The molecule has 0 aromatic carbocycles. The maximum Gasteiger partial charge on any atom is 0.249 e. The third kappa shape index (κ3) is 3.73. The predicted octanol–water partition coefficient (Wildman–Crippen LogP) is 3.36. The molecule has 3 aromatic heterocycles. The number of nitrogens with zero attached hydrogens (tertiary/aromatic N) is 5. The van der Waals surface area contributed by atoms with Crippen LogP contribution < -0.4 is 5.32 Å². The van der Waals surface area contributed by atoms with Gasteiger partial charge in [0.1, 0.15) is 23.4 Å². The molecule has 1 N–H and O–H groups in total. The molecule has 0 spiro atoms. The van der Waals surface area contributed by atoms with Crippen LogP contribution in [0.5, 0.6) is 0 Å². The molecule has 0 aliphatic carbocycles. The average molecular weight is 324 g/mol. The van der Waals surface area contributed by atoms with Crippen LogP contribution in [0.1, 0.15) is 43.7 Å². The summed E-state index contributed by atoms with van der Waals surface area (Å²) in [7, 11) is 0. The number of anilines is 1. The second-order valence-corrected chi connectivity index (χ2v) is 5.60. The Hall–Kier alpha value is -2.83. The molecule has 3 heterocycles. The topological polar surface area (TPSA) is 89.6 Å². The zero-order valence-electron chi connectivity index (χ0n) is 14.0. The highest BCUT2D eigenvalue weighted by molar-refractivity contribution is 5.47. The van der Waals surface area contributed by atoms with Crippen molar-refractivity contribution >= 4 is 5.82 Å². The van der Waals surface area contributed by atoms with Crippen LogP contribution in [0, 0.1) is 6.92 Å². The number of aromatic nitrogens is 5. The quantitative estimate of drug-likeness (QED) is 0.743. The second kappa shape index (κ2) is 7.16. The fraction of sp³-hybridized carbons (Fsp3) is 0.353. The minimum atomic E-state index is -0.168. The lowest BCUT2D eigenvalue weighted by Crippen LogP contribution is -2.10. The predicted molar refractivity (Wildman–Crippen MR) is 90.3 cm³/mol. The van der Waals surface area contributed by atoms with Gasteiger partial charge in [-0.1, -0.05) is 18.1 Å². The molecule has 0 saturated heterocycles. The maximum atomic E-state index is 5.35. The minimum Gasteiger partial charge on any atom is -0.358 e. The Morgan fingerprint density at radius 3 is 2.83 bits per heavy atom. The lowest BCUT2D eigenvalue weighted by molar-refractivity contribution is 0.367. The fourth-order valence-electron chi connectivity index (χ4n) is 2.33. The Labute approximate surface area is 140 Å². The lowest BCUT2D eigenvalue weighted by Gasteiger charge is -2.11. The molecule has 0 radical (unpaired) electrons. The number of aryl methyl sites for hydroxylation is 2. The number of hydrogen-bond acceptors (Lipinski definition) is 7. The van der Waals surface area contributed by atoms with Gasteiger partial charge in [0.25, 0.3) is 0 Å². The maximum absolute atomic E-state index is 5.35. The van der Waals surface area contributed by atoms with E-state index in [2.05, 4.69) is 37.3 Å². The first-order valence-electron chi connectivity index (χ1n) is 8.02. The van der Waals surface area contributed by atoms with Crippen LogP contribution in [0.2, 0.25) is 0 Å². The van der Waals surface area contributed by atoms with E-state index in [1.165, 1.54) is 0 Å². The molecule has 0 amide bonds. The van der Waals surface area contributed by atoms with Gasteiger partial charge in [0.2, 0.25) is 11.7 Å². The first-order valence-corrected chi connectivity index (χ1v) is 8.02. The minimum absolute atomic E-state index is 0.168. The first kappa shape index (κ1) is 16.0. The van der Waals surface area contributed by atoms with Crippen molar-refractivity contribution in [2.24, 2.45) is 0 Å². The zero-order valence-corrected chi connectivity index (χ0v) is 14.0. The molecule has 7 nitrogen and oxygen atoms in total. The van der Waals surface area contributed by atoms with Gasteiger partial charge in [-0.05, 0) is 32.4 Å². The van der Waals surface area contributed by atoms with Crippen molar-refractivity contribution in [3.63, 3.8) is 0 Å². The highest BCUT2D eigenvalue weighted by Gasteiger charge is 2.16. The van der Waals surface area contributed by atoms with E-state index in [9.17, 15) is 0 Å². The molecule has 24 heavy (non-hydrogen) atoms. The number of pyridine rings is 1. The van der Waals surface area contributed by atoms with Crippen LogP contribution in [0.25, 0.3) is 11.5 Å². The summed E-state index contributed by atoms with van der Waals surface area (Å²) < 4.78 is 5.35. The van der Waals surface area contributed by atoms with Gasteiger partial charge >= 0.3 is 0 Å². The van der Waals surface area contributed by atoms with E-state index < -0.39 is 0 Å². The molecule has 7 heteroatoms. The van der Waals surface area contributed by atoms with Crippen molar-refractivity contribution in [3.8, 4) is 11.5 Å². The second-order valence-electron chi connectivity index (χ2n) is 5.60. The number of nitrogens with one attached hydrogen (secondary N) is 1. The molecule has 3 rings (SSSR count). The van der Waals surface area contributed by atoms with Gasteiger partial charge in [0.05, 0.1) is 0 Å². The van der Waals surface area contributed by atoms with Crippen LogP contribution in [0.3, 0.4) is 0 Å². The molecular weight excluding hydrogens is 304 g/mol. The Morgan fingerprint density at radius 1 is 1.21 bits per heavy atom. The van der Waals surface area contributed by atoms with Crippen molar-refractivity contribution in [1.82, 2.24) is 25.1 Å². The average Bonchev–Trinajstić information content (AvgIpc) is 3.05. The smallest absolute Gasteiger partial charge is 0.249 e. The summed E-state index contributed by atoms with van der Waals surface area (Å²) in [6.45, 7) is 6.02. The molecular formula is C17H20N6O. The van der Waals surface area contributed by atoms with Crippen molar-refractivity contribution in [2.75, 3.05) is 5.32 Å². The van der Waals surface area contributed by atoms with E-state index in [-0.39, 0.29) is 6.04 Å². The molecule has 3 aromatic rings. The van der Waals surface area contributed by atoms with Gasteiger partial charge in [-0.3, -0.25) is 4.98 Å². The summed E-state index contributed by atoms with van der Waals surface area (Å²) in [5.74, 6) is 2.57. The van der Waals surface area contributed by atoms with Gasteiger partial charge in [0, 0.05) is 24.4 Å². The molecule has 0 bridgehead atoms. The lowest BCUT2D eigenvalue weighted by atomic mass is 10.3. The third-order valence-electron chi connectivity index (χ3n) is 3.44. The number of hydrogen-bond donors (Lipinski definition) is 1. The van der Waals surface area contributed by atoms with Crippen molar-refractivity contribution < 1.29 is 4.52 Å². The van der Waals surface area contributed by atoms with Gasteiger partial charge in [-0.2, -0.15) is 4.98 Å². The monoisotopic (exact) mass is 324 g/mol. The highest BCUT2D eigenvalue weighted by Crippen LogP contribution is 2.20. The van der Waals surface area contributed by atoms with Crippen LogP contribution in [0.4, 0.5) is 5.82 Å². The Bertz CT molecular complexity index is 802. The normalized spacial score (nSPS) is 12.1. The standard InChI is InChI=1S/C17H20N6O/c1-4-7-14-19-11(2)10-15(21-14)20-12(3)17-22-16(23-24-17)13-8-5-6-9-18-13/h5-6,8-10,12H,4,7H2,1-3H3,(H,19,20,21). The summed E-state index contributed by atoms with van der Waals surface area (Å²) >= 11 is 0. The van der Waals surface area contributed by atoms with Crippen molar-refractivity contribution in [2.45, 2.75) is 39.7 Å². The van der Waals surface area contributed by atoms with E-state index in [1.807, 2.05) is 38.1 Å². The van der Waals surface area contributed by atoms with Crippen molar-refractivity contribution in [1.29, 1.82) is 0 Å². The summed E-state index contributed by atoms with van der Waals surface area (Å²) in [5, 5.41) is 7.29. The summed E-state index contributed by atoms with van der Waals surface area (Å²) in [6.07, 6.45) is 3.57. The Kier molecular flexibility index (Phi) is 4.79. The van der Waals surface area contributed by atoms with E-state index in [0.29, 0.717) is 17.4 Å². The van der Waals surface area contributed by atoms with E-state index in [4.69, 9.17) is 4.52 Å². The summed E-state index contributed by atoms with van der Waals surface area (Å²) in [6, 6.07) is 7.32. The molecule has 0 saturated carbocycles. The van der Waals surface area contributed by atoms with Gasteiger partial charge in [-0.15, -0.1) is 0 Å². The Balaban J connectivity index is 1.76. The summed E-state index contributed by atoms with van der Waals surface area (Å²) in [5.41, 5.74) is 1.62. The van der Waals surface area contributed by atoms with Gasteiger partial charge < -0.3 is 9.84 Å². The molecule has 1 atom stereocenters. The molecule has 0 aliphatic rings. The highest BCUT2D eigenvalue weighted by atomic mass is 16.5. The van der Waals surface area contributed by atoms with Crippen LogP contribution in [-0.4, -0.2) is 25.1 Å². The Morgan fingerprint density at radius 2 is 2.08 bits per heavy atom. The first-order chi connectivity index (χ1) is 11.7. The SMILES string of the molecule is CCCc1nc(C)cc(NC(C)c2nc(-c3ccccn3)no2)n1. The van der Waals surface area contributed by atoms with Crippen LogP contribution >= 0.6 is 0 Å². The largest absolute Gasteiger partial charge is 0.358 e. The van der Waals surface area contributed by atoms with Gasteiger partial charge in [-0.25, -0.2) is 9.97 Å². The van der Waals surface area contributed by atoms with E-state index in [0.717, 1.165) is 30.2 Å². The molecule has 0 fully saturated rings. The molecule has 124 valence electrons. The fourth-order valence-corrected chi connectivity index (χ4v) is 2.33. The van der Waals surface area contributed by atoms with E-state index >= 15 is 0 Å². The van der Waals surface area contributed by atoms with Crippen molar-refractivity contribution in [3.05, 3.63) is 47.9 Å². The summed E-state index contributed by atoms with van der Waals surface area (Å²) in [4.78, 5) is 17.6. The number of rotatable bonds is 6. The molecule has 0 aliphatic heterocycles.